The summed E-state index contributed by atoms with van der Waals surface area (Å²) in [6.45, 7) is 6.76. The molecule has 2 aromatic heterocycles. The van der Waals surface area contributed by atoms with Crippen LogP contribution in [0.1, 0.15) is 44.2 Å². The van der Waals surface area contributed by atoms with E-state index in [9.17, 15) is 10.1 Å². The number of piperidine rings is 1. The molecular weight excluding hydrogens is 364 g/mol. The largest absolute Gasteiger partial charge is 0.421 e. The summed E-state index contributed by atoms with van der Waals surface area (Å²) in [6.07, 6.45) is 5.30. The van der Waals surface area contributed by atoms with Crippen LogP contribution in [0.2, 0.25) is 0 Å². The van der Waals surface area contributed by atoms with Gasteiger partial charge in [0.25, 0.3) is 5.71 Å². The standard InChI is InChI=1S/C23H26N4O2/c1-16(2)12-17-6-5-11-26(14-17)20-9-10-25-22-21(20)27(23(28)29-22)15-19-8-4-3-7-18(19)13-24/h3-4,7-10,16-17H,5-6,11-12,14-15H2,1-2H3. The summed E-state index contributed by atoms with van der Waals surface area (Å²) in [5.41, 5.74) is 3.42. The number of rotatable bonds is 5. The van der Waals surface area contributed by atoms with Crippen LogP contribution < -0.4 is 10.7 Å². The molecule has 1 fully saturated rings. The number of oxazole rings is 1. The van der Waals surface area contributed by atoms with E-state index < -0.39 is 5.76 Å². The molecule has 0 spiro atoms. The van der Waals surface area contributed by atoms with Crippen LogP contribution in [0.3, 0.4) is 0 Å². The molecule has 150 valence electrons. The smallest absolute Gasteiger partial charge is 0.388 e. The third-order valence-electron chi connectivity index (χ3n) is 5.67. The van der Waals surface area contributed by atoms with E-state index in [1.165, 1.54) is 12.8 Å². The predicted octanol–water partition coefficient (Wildman–Crippen LogP) is 4.17. The van der Waals surface area contributed by atoms with E-state index >= 15 is 0 Å². The van der Waals surface area contributed by atoms with Crippen LogP contribution in [0.5, 0.6) is 0 Å². The van der Waals surface area contributed by atoms with Crippen molar-refractivity contribution >= 4 is 16.9 Å². The second-order valence-electron chi connectivity index (χ2n) is 8.29. The first kappa shape index (κ1) is 19.3. The Labute approximate surface area is 170 Å². The van der Waals surface area contributed by atoms with Gasteiger partial charge in [0.05, 0.1) is 23.9 Å². The highest BCUT2D eigenvalue weighted by molar-refractivity contribution is 5.85. The molecule has 0 amide bonds. The summed E-state index contributed by atoms with van der Waals surface area (Å²) in [5, 5.41) is 9.41. The lowest BCUT2D eigenvalue weighted by atomic mass is 9.89. The van der Waals surface area contributed by atoms with Gasteiger partial charge in [0.1, 0.15) is 5.52 Å². The fourth-order valence-electron chi connectivity index (χ4n) is 4.46. The third kappa shape index (κ3) is 3.91. The maximum Gasteiger partial charge on any atom is 0.421 e. The van der Waals surface area contributed by atoms with Crippen LogP contribution in [0.25, 0.3) is 11.2 Å². The highest BCUT2D eigenvalue weighted by atomic mass is 16.4. The average molecular weight is 390 g/mol. The van der Waals surface area contributed by atoms with E-state index in [-0.39, 0.29) is 6.54 Å². The lowest BCUT2D eigenvalue weighted by Crippen LogP contribution is -2.36. The number of nitriles is 1. The lowest BCUT2D eigenvalue weighted by Gasteiger charge is -2.35. The zero-order chi connectivity index (χ0) is 20.4. The van der Waals surface area contributed by atoms with Crippen LogP contribution in [0, 0.1) is 23.2 Å². The summed E-state index contributed by atoms with van der Waals surface area (Å²) in [6, 6.07) is 11.5. The number of nitrogens with zero attached hydrogens (tertiary/aromatic N) is 4. The molecule has 6 nitrogen and oxygen atoms in total. The Bertz CT molecular complexity index is 1110. The Kier molecular flexibility index (Phi) is 5.39. The Hall–Kier alpha value is -3.07. The van der Waals surface area contributed by atoms with E-state index in [0.29, 0.717) is 23.1 Å². The molecule has 0 saturated carbocycles. The maximum absolute atomic E-state index is 12.6. The van der Waals surface area contributed by atoms with Gasteiger partial charge in [-0.05, 0) is 48.8 Å². The average Bonchev–Trinajstić information content (AvgIpc) is 3.03. The number of fused-ring (bicyclic) bond motifs is 1. The van der Waals surface area contributed by atoms with Gasteiger partial charge in [0, 0.05) is 19.3 Å². The van der Waals surface area contributed by atoms with Crippen molar-refractivity contribution in [1.82, 2.24) is 9.55 Å². The molecule has 1 aliphatic rings. The van der Waals surface area contributed by atoms with Crippen molar-refractivity contribution in [3.05, 3.63) is 58.2 Å². The number of hydrogen-bond acceptors (Lipinski definition) is 5. The van der Waals surface area contributed by atoms with Gasteiger partial charge in [-0.1, -0.05) is 32.0 Å². The van der Waals surface area contributed by atoms with Gasteiger partial charge in [-0.25, -0.2) is 9.78 Å². The molecule has 1 aromatic carbocycles. The Morgan fingerprint density at radius 2 is 2.14 bits per heavy atom. The van der Waals surface area contributed by atoms with E-state index in [1.54, 1.807) is 16.8 Å². The fraction of sp³-hybridized carbons (Fsp3) is 0.435. The van der Waals surface area contributed by atoms with E-state index in [1.807, 2.05) is 24.3 Å². The summed E-state index contributed by atoms with van der Waals surface area (Å²) < 4.78 is 7.07. The van der Waals surface area contributed by atoms with Gasteiger partial charge < -0.3 is 9.32 Å². The summed E-state index contributed by atoms with van der Waals surface area (Å²) in [4.78, 5) is 19.3. The van der Waals surface area contributed by atoms with Crippen molar-refractivity contribution < 1.29 is 4.42 Å². The number of benzene rings is 1. The van der Waals surface area contributed by atoms with Crippen LogP contribution in [-0.2, 0) is 6.54 Å². The molecule has 3 aromatic rings. The first-order valence-corrected chi connectivity index (χ1v) is 10.3. The molecule has 4 rings (SSSR count). The Balaban J connectivity index is 1.75. The molecule has 1 unspecified atom stereocenters. The van der Waals surface area contributed by atoms with Gasteiger partial charge >= 0.3 is 5.76 Å². The van der Waals surface area contributed by atoms with E-state index in [0.717, 1.165) is 36.3 Å². The van der Waals surface area contributed by atoms with Crippen molar-refractivity contribution in [2.45, 2.75) is 39.7 Å². The van der Waals surface area contributed by atoms with Crippen LogP contribution in [0.4, 0.5) is 5.69 Å². The van der Waals surface area contributed by atoms with Gasteiger partial charge in [-0.15, -0.1) is 0 Å². The summed E-state index contributed by atoms with van der Waals surface area (Å²) in [7, 11) is 0. The van der Waals surface area contributed by atoms with E-state index in [4.69, 9.17) is 4.42 Å². The molecule has 6 heteroatoms. The van der Waals surface area contributed by atoms with Crippen molar-refractivity contribution in [2.24, 2.45) is 11.8 Å². The van der Waals surface area contributed by atoms with Crippen LogP contribution in [-0.4, -0.2) is 22.6 Å². The van der Waals surface area contributed by atoms with Gasteiger partial charge in [0.15, 0.2) is 0 Å². The monoisotopic (exact) mass is 390 g/mol. The topological polar surface area (TPSA) is 75.1 Å². The molecule has 29 heavy (non-hydrogen) atoms. The highest BCUT2D eigenvalue weighted by Crippen LogP contribution is 2.31. The lowest BCUT2D eigenvalue weighted by molar-refractivity contribution is 0.347. The molecule has 0 aliphatic carbocycles. The molecular formula is C23H26N4O2. The first-order chi connectivity index (χ1) is 14.1. The molecule has 3 heterocycles. The van der Waals surface area contributed by atoms with Gasteiger partial charge in [-0.3, -0.25) is 4.57 Å². The molecule has 0 bridgehead atoms. The molecule has 1 aliphatic heterocycles. The molecule has 0 radical (unpaired) electrons. The minimum Gasteiger partial charge on any atom is -0.388 e. The predicted molar refractivity (Wildman–Crippen MR) is 113 cm³/mol. The Morgan fingerprint density at radius 1 is 1.31 bits per heavy atom. The minimum atomic E-state index is -0.441. The van der Waals surface area contributed by atoms with Crippen LogP contribution in [0.15, 0.2) is 45.7 Å². The molecule has 1 atom stereocenters. The fourth-order valence-corrected chi connectivity index (χ4v) is 4.46. The van der Waals surface area contributed by atoms with Gasteiger partial charge in [-0.2, -0.15) is 5.26 Å². The second kappa shape index (κ2) is 8.12. The maximum atomic E-state index is 12.6. The zero-order valence-electron chi connectivity index (χ0n) is 17.0. The number of aromatic nitrogens is 2. The quantitative estimate of drug-likeness (QED) is 0.653. The molecule has 1 saturated heterocycles. The highest BCUT2D eigenvalue weighted by Gasteiger charge is 2.25. The molecule has 0 N–H and O–H groups in total. The summed E-state index contributed by atoms with van der Waals surface area (Å²) >= 11 is 0. The van der Waals surface area contributed by atoms with Gasteiger partial charge in [0.2, 0.25) is 0 Å². The number of pyridine rings is 1. The second-order valence-corrected chi connectivity index (χ2v) is 8.29. The minimum absolute atomic E-state index is 0.289. The van der Waals surface area contributed by atoms with Crippen molar-refractivity contribution in [3.63, 3.8) is 0 Å². The zero-order valence-corrected chi connectivity index (χ0v) is 17.0. The van der Waals surface area contributed by atoms with Crippen LogP contribution >= 0.6 is 0 Å². The van der Waals surface area contributed by atoms with E-state index in [2.05, 4.69) is 29.8 Å². The SMILES string of the molecule is CC(C)CC1CCCN(c2ccnc3oc(=O)n(Cc4ccccc4C#N)c23)C1. The normalized spacial score (nSPS) is 17.0. The third-order valence-corrected chi connectivity index (χ3v) is 5.67. The summed E-state index contributed by atoms with van der Waals surface area (Å²) in [5.74, 6) is 0.883. The van der Waals surface area contributed by atoms with Crippen molar-refractivity contribution in [2.75, 3.05) is 18.0 Å². The number of hydrogen-bond donors (Lipinski definition) is 0. The van der Waals surface area contributed by atoms with Crippen molar-refractivity contribution in [1.29, 1.82) is 5.26 Å². The Morgan fingerprint density at radius 3 is 2.93 bits per heavy atom. The van der Waals surface area contributed by atoms with Crippen molar-refractivity contribution in [3.8, 4) is 6.07 Å². The first-order valence-electron chi connectivity index (χ1n) is 10.3. The number of anilines is 1.